The second-order valence-corrected chi connectivity index (χ2v) is 10.0. The summed E-state index contributed by atoms with van der Waals surface area (Å²) < 4.78 is 1.72. The van der Waals surface area contributed by atoms with Gasteiger partial charge in [-0.2, -0.15) is 0 Å². The van der Waals surface area contributed by atoms with Gasteiger partial charge in [-0.25, -0.2) is 9.97 Å². The summed E-state index contributed by atoms with van der Waals surface area (Å²) in [7, 11) is 4.33. The highest BCUT2D eigenvalue weighted by Gasteiger charge is 2.20. The lowest BCUT2D eigenvalue weighted by molar-refractivity contribution is 0.249. The zero-order chi connectivity index (χ0) is 25.4. The SMILES string of the molecule is Cc1cccc(C)c1-n1cc(C)c2nc(Nc3ccc(N4CCC(N(C)C)CC4)cc3)ncc2c1=O. The molecule has 1 aliphatic rings. The standard InChI is InChI=1S/C29H34N6O/c1-19-7-6-8-20(2)27(19)35-18-21(3)26-25(28(35)36)17-30-29(32-26)31-22-9-11-24(12-10-22)34-15-13-23(14-16-34)33(4)5/h6-12,17-18,23H,13-16H2,1-5H3,(H,30,31,32). The Labute approximate surface area is 212 Å². The minimum Gasteiger partial charge on any atom is -0.371 e. The molecule has 186 valence electrons. The van der Waals surface area contributed by atoms with Gasteiger partial charge in [0.1, 0.15) is 0 Å². The molecule has 5 rings (SSSR count). The molecular weight excluding hydrogens is 448 g/mol. The largest absolute Gasteiger partial charge is 0.371 e. The smallest absolute Gasteiger partial charge is 0.266 e. The maximum Gasteiger partial charge on any atom is 0.266 e. The molecule has 1 saturated heterocycles. The fourth-order valence-corrected chi connectivity index (χ4v) is 5.22. The highest BCUT2D eigenvalue weighted by molar-refractivity contribution is 5.81. The number of piperidine rings is 1. The Morgan fingerprint density at radius 2 is 1.61 bits per heavy atom. The van der Waals surface area contributed by atoms with Gasteiger partial charge in [0.25, 0.3) is 5.56 Å². The molecular formula is C29H34N6O. The van der Waals surface area contributed by atoms with Gasteiger partial charge in [-0.15, -0.1) is 0 Å². The zero-order valence-corrected chi connectivity index (χ0v) is 21.7. The second kappa shape index (κ2) is 9.74. The summed E-state index contributed by atoms with van der Waals surface area (Å²) in [5, 5.41) is 3.82. The number of hydrogen-bond acceptors (Lipinski definition) is 6. The van der Waals surface area contributed by atoms with Gasteiger partial charge in [0.2, 0.25) is 5.95 Å². The molecule has 4 aromatic rings. The van der Waals surface area contributed by atoms with Crippen molar-refractivity contribution in [3.63, 3.8) is 0 Å². The van der Waals surface area contributed by atoms with E-state index in [1.807, 2.05) is 45.2 Å². The quantitative estimate of drug-likeness (QED) is 0.433. The van der Waals surface area contributed by atoms with E-state index in [4.69, 9.17) is 4.98 Å². The van der Waals surface area contributed by atoms with Crippen molar-refractivity contribution in [2.24, 2.45) is 0 Å². The van der Waals surface area contributed by atoms with Crippen molar-refractivity contribution in [2.75, 3.05) is 37.4 Å². The molecule has 0 radical (unpaired) electrons. The van der Waals surface area contributed by atoms with E-state index in [2.05, 4.69) is 58.5 Å². The average molecular weight is 483 g/mol. The minimum absolute atomic E-state index is 0.109. The Kier molecular flexibility index (Phi) is 6.49. The summed E-state index contributed by atoms with van der Waals surface area (Å²) in [6, 6.07) is 15.1. The second-order valence-electron chi connectivity index (χ2n) is 10.0. The Balaban J connectivity index is 1.37. The van der Waals surface area contributed by atoms with Crippen molar-refractivity contribution in [2.45, 2.75) is 39.7 Å². The van der Waals surface area contributed by atoms with Gasteiger partial charge >= 0.3 is 0 Å². The van der Waals surface area contributed by atoms with Crippen molar-refractivity contribution in [3.8, 4) is 5.69 Å². The summed E-state index contributed by atoms with van der Waals surface area (Å²) >= 11 is 0. The highest BCUT2D eigenvalue weighted by Crippen LogP contribution is 2.25. The number of nitrogens with one attached hydrogen (secondary N) is 1. The molecule has 0 unspecified atom stereocenters. The van der Waals surface area contributed by atoms with E-state index in [1.54, 1.807) is 10.8 Å². The average Bonchev–Trinajstić information content (AvgIpc) is 2.87. The van der Waals surface area contributed by atoms with Crippen LogP contribution in [0.3, 0.4) is 0 Å². The van der Waals surface area contributed by atoms with E-state index < -0.39 is 0 Å². The predicted molar refractivity (Wildman–Crippen MR) is 148 cm³/mol. The van der Waals surface area contributed by atoms with Crippen LogP contribution >= 0.6 is 0 Å². The summed E-state index contributed by atoms with van der Waals surface area (Å²) in [4.78, 5) is 27.3. The highest BCUT2D eigenvalue weighted by atomic mass is 16.1. The predicted octanol–water partition coefficient (Wildman–Crippen LogP) is 4.98. The maximum atomic E-state index is 13.4. The Morgan fingerprint density at radius 1 is 0.944 bits per heavy atom. The molecule has 0 atom stereocenters. The van der Waals surface area contributed by atoms with Crippen LogP contribution in [0.2, 0.25) is 0 Å². The van der Waals surface area contributed by atoms with Gasteiger partial charge < -0.3 is 15.1 Å². The summed E-state index contributed by atoms with van der Waals surface area (Å²) in [6.45, 7) is 8.17. The van der Waals surface area contributed by atoms with E-state index in [9.17, 15) is 4.79 Å². The molecule has 7 nitrogen and oxygen atoms in total. The first-order chi connectivity index (χ1) is 17.3. The molecule has 1 aliphatic heterocycles. The third-order valence-corrected chi connectivity index (χ3v) is 7.30. The van der Waals surface area contributed by atoms with E-state index >= 15 is 0 Å². The van der Waals surface area contributed by atoms with Crippen LogP contribution in [0, 0.1) is 20.8 Å². The number of pyridine rings is 1. The van der Waals surface area contributed by atoms with Crippen LogP contribution in [-0.4, -0.2) is 52.7 Å². The molecule has 3 heterocycles. The monoisotopic (exact) mass is 482 g/mol. The first-order valence-corrected chi connectivity index (χ1v) is 12.6. The molecule has 0 bridgehead atoms. The number of para-hydroxylation sites is 1. The summed E-state index contributed by atoms with van der Waals surface area (Å²) in [5.41, 5.74) is 6.67. The Hall–Kier alpha value is -3.71. The van der Waals surface area contributed by atoms with Crippen LogP contribution in [-0.2, 0) is 0 Å². The van der Waals surface area contributed by atoms with E-state index in [1.165, 1.54) is 18.5 Å². The maximum absolute atomic E-state index is 13.4. The topological polar surface area (TPSA) is 66.3 Å². The van der Waals surface area contributed by atoms with Crippen molar-refractivity contribution < 1.29 is 0 Å². The number of benzene rings is 2. The zero-order valence-electron chi connectivity index (χ0n) is 21.7. The minimum atomic E-state index is -0.109. The first kappa shape index (κ1) is 24.0. The number of rotatable bonds is 5. The van der Waals surface area contributed by atoms with E-state index in [0.29, 0.717) is 22.9 Å². The van der Waals surface area contributed by atoms with E-state index in [0.717, 1.165) is 41.2 Å². The molecule has 2 aromatic heterocycles. The molecule has 1 N–H and O–H groups in total. The van der Waals surface area contributed by atoms with Gasteiger partial charge in [-0.1, -0.05) is 18.2 Å². The van der Waals surface area contributed by atoms with Crippen LogP contribution in [0.5, 0.6) is 0 Å². The lowest BCUT2D eigenvalue weighted by atomic mass is 10.0. The van der Waals surface area contributed by atoms with Crippen molar-refractivity contribution in [3.05, 3.63) is 81.9 Å². The number of hydrogen-bond donors (Lipinski definition) is 1. The number of fused-ring (bicyclic) bond motifs is 1. The summed E-state index contributed by atoms with van der Waals surface area (Å²) in [6.07, 6.45) is 5.88. The van der Waals surface area contributed by atoms with Gasteiger partial charge in [-0.3, -0.25) is 9.36 Å². The van der Waals surface area contributed by atoms with E-state index in [-0.39, 0.29) is 5.56 Å². The molecule has 1 fully saturated rings. The van der Waals surface area contributed by atoms with Gasteiger partial charge in [0.05, 0.1) is 16.6 Å². The fraction of sp³-hybridized carbons (Fsp3) is 0.345. The molecule has 2 aromatic carbocycles. The van der Waals surface area contributed by atoms with Crippen molar-refractivity contribution in [1.82, 2.24) is 19.4 Å². The number of anilines is 3. The third kappa shape index (κ3) is 4.58. The molecule has 0 amide bonds. The molecule has 36 heavy (non-hydrogen) atoms. The first-order valence-electron chi connectivity index (χ1n) is 12.6. The Morgan fingerprint density at radius 3 is 2.25 bits per heavy atom. The van der Waals surface area contributed by atoms with Gasteiger partial charge in [-0.05, 0) is 88.7 Å². The van der Waals surface area contributed by atoms with Crippen LogP contribution < -0.4 is 15.8 Å². The van der Waals surface area contributed by atoms with Crippen LogP contribution in [0.15, 0.2) is 59.7 Å². The van der Waals surface area contributed by atoms with Crippen molar-refractivity contribution in [1.29, 1.82) is 0 Å². The fourth-order valence-electron chi connectivity index (χ4n) is 5.22. The number of aryl methyl sites for hydroxylation is 3. The van der Waals surface area contributed by atoms with Crippen LogP contribution in [0.25, 0.3) is 16.6 Å². The summed E-state index contributed by atoms with van der Waals surface area (Å²) in [5.74, 6) is 0.481. The van der Waals surface area contributed by atoms with Crippen LogP contribution in [0.4, 0.5) is 17.3 Å². The lowest BCUT2D eigenvalue weighted by Gasteiger charge is -2.36. The van der Waals surface area contributed by atoms with Crippen molar-refractivity contribution >= 4 is 28.2 Å². The number of aromatic nitrogens is 3. The van der Waals surface area contributed by atoms with Gasteiger partial charge in [0, 0.05) is 42.9 Å². The molecule has 0 aliphatic carbocycles. The van der Waals surface area contributed by atoms with Gasteiger partial charge in [0.15, 0.2) is 0 Å². The van der Waals surface area contributed by atoms with Crippen LogP contribution in [0.1, 0.15) is 29.5 Å². The molecule has 0 spiro atoms. The normalized spacial score (nSPS) is 14.6. The lowest BCUT2D eigenvalue weighted by Crippen LogP contribution is -2.41. The number of nitrogens with zero attached hydrogens (tertiary/aromatic N) is 5. The third-order valence-electron chi connectivity index (χ3n) is 7.30. The molecule has 0 saturated carbocycles. The molecule has 7 heteroatoms. The Bertz CT molecular complexity index is 1430.